The fourth-order valence-corrected chi connectivity index (χ4v) is 4.32. The Morgan fingerprint density at radius 3 is 1.73 bits per heavy atom. The van der Waals surface area contributed by atoms with Gasteiger partial charge in [0.2, 0.25) is 17.7 Å². The van der Waals surface area contributed by atoms with Gasteiger partial charge in [0.25, 0.3) is 5.78 Å². The molecule has 3 amide bonds. The van der Waals surface area contributed by atoms with Gasteiger partial charge < -0.3 is 20.7 Å². The number of rotatable bonds is 12. The van der Waals surface area contributed by atoms with E-state index in [-0.39, 0.29) is 11.5 Å². The van der Waals surface area contributed by atoms with E-state index >= 15 is 0 Å². The van der Waals surface area contributed by atoms with E-state index < -0.39 is 59.6 Å². The zero-order chi connectivity index (χ0) is 31.1. The molecular weight excluding hydrogens is 563 g/mol. The number of methoxy groups -OCH3 is 1. The van der Waals surface area contributed by atoms with Crippen molar-refractivity contribution in [2.45, 2.75) is 64.8 Å². The average molecular weight is 598 g/mol. The van der Waals surface area contributed by atoms with Gasteiger partial charge in [-0.1, -0.05) is 63.6 Å². The highest BCUT2D eigenvalue weighted by Gasteiger charge is 2.45. The Labute approximate surface area is 242 Å². The first-order valence-corrected chi connectivity index (χ1v) is 13.4. The minimum absolute atomic E-state index is 0.136. The number of hydrogen-bond donors (Lipinski definition) is 3. The molecule has 0 radical (unpaired) electrons. The van der Waals surface area contributed by atoms with Crippen LogP contribution in [0.5, 0.6) is 5.75 Å². The van der Waals surface area contributed by atoms with E-state index in [4.69, 9.17) is 16.3 Å². The summed E-state index contributed by atoms with van der Waals surface area (Å²) in [6.07, 6.45) is -5.17. The number of benzene rings is 2. The molecule has 2 rings (SSSR count). The maximum atomic E-state index is 13.3. The van der Waals surface area contributed by atoms with Gasteiger partial charge in [0.1, 0.15) is 17.8 Å². The topological polar surface area (TPSA) is 114 Å². The molecule has 0 aliphatic heterocycles. The molecule has 4 atom stereocenters. The molecule has 0 saturated heterocycles. The van der Waals surface area contributed by atoms with E-state index in [1.807, 2.05) is 13.8 Å². The normalized spacial score (nSPS) is 14.5. The predicted octanol–water partition coefficient (Wildman–Crippen LogP) is 4.72. The van der Waals surface area contributed by atoms with E-state index in [1.54, 1.807) is 24.3 Å². The fourth-order valence-electron chi connectivity index (χ4n) is 4.19. The number of amides is 3. The molecule has 0 heterocycles. The highest BCUT2D eigenvalue weighted by molar-refractivity contribution is 6.30. The van der Waals surface area contributed by atoms with Crippen LogP contribution < -0.4 is 20.7 Å². The van der Waals surface area contributed by atoms with Crippen LogP contribution in [0.15, 0.2) is 48.5 Å². The lowest BCUT2D eigenvalue weighted by atomic mass is 9.87. The lowest BCUT2D eigenvalue weighted by Gasteiger charge is -2.27. The molecule has 41 heavy (non-hydrogen) atoms. The number of alkyl halides is 3. The molecule has 0 bridgehead atoms. The number of ether oxygens (including phenoxy) is 1. The molecular formula is C29H35ClF3N3O5. The Hall–Kier alpha value is -3.60. The van der Waals surface area contributed by atoms with Gasteiger partial charge in [0.05, 0.1) is 19.1 Å². The second-order valence-corrected chi connectivity index (χ2v) is 10.7. The molecule has 0 saturated carbocycles. The Morgan fingerprint density at radius 1 is 0.732 bits per heavy atom. The van der Waals surface area contributed by atoms with Gasteiger partial charge in [-0.25, -0.2) is 0 Å². The second kappa shape index (κ2) is 14.3. The lowest BCUT2D eigenvalue weighted by molar-refractivity contribution is -0.175. The summed E-state index contributed by atoms with van der Waals surface area (Å²) in [6.45, 7) is 7.83. The molecule has 0 spiro atoms. The summed E-state index contributed by atoms with van der Waals surface area (Å²) in [7, 11) is 1.43. The van der Waals surface area contributed by atoms with E-state index in [0.717, 1.165) is 0 Å². The Kier molecular flexibility index (Phi) is 11.8. The highest BCUT2D eigenvalue weighted by Crippen LogP contribution is 2.27. The molecule has 0 aliphatic carbocycles. The van der Waals surface area contributed by atoms with Crippen molar-refractivity contribution in [1.82, 2.24) is 16.0 Å². The van der Waals surface area contributed by atoms with E-state index in [0.29, 0.717) is 16.3 Å². The Morgan fingerprint density at radius 2 is 1.27 bits per heavy atom. The third-order valence-corrected chi connectivity index (χ3v) is 6.71. The van der Waals surface area contributed by atoms with Gasteiger partial charge in [-0.05, 0) is 54.2 Å². The van der Waals surface area contributed by atoms with Crippen molar-refractivity contribution in [3.63, 3.8) is 0 Å². The lowest BCUT2D eigenvalue weighted by Crippen LogP contribution is -2.54. The second-order valence-electron chi connectivity index (χ2n) is 10.3. The van der Waals surface area contributed by atoms with Crippen molar-refractivity contribution in [3.8, 4) is 5.75 Å². The number of carbonyl (C=O) groups excluding carboxylic acids is 4. The van der Waals surface area contributed by atoms with E-state index in [9.17, 15) is 32.3 Å². The summed E-state index contributed by atoms with van der Waals surface area (Å²) in [4.78, 5) is 51.6. The summed E-state index contributed by atoms with van der Waals surface area (Å²) >= 11 is 5.96. The maximum absolute atomic E-state index is 13.3. The molecule has 12 heteroatoms. The average Bonchev–Trinajstić information content (AvgIpc) is 2.90. The van der Waals surface area contributed by atoms with E-state index in [2.05, 4.69) is 16.0 Å². The Balaban J connectivity index is 2.30. The van der Waals surface area contributed by atoms with Crippen molar-refractivity contribution in [1.29, 1.82) is 0 Å². The summed E-state index contributed by atoms with van der Waals surface area (Å²) in [5.41, 5.74) is 0.914. The highest BCUT2D eigenvalue weighted by atomic mass is 35.5. The van der Waals surface area contributed by atoms with Crippen LogP contribution in [-0.4, -0.2) is 48.9 Å². The predicted molar refractivity (Wildman–Crippen MR) is 148 cm³/mol. The van der Waals surface area contributed by atoms with Gasteiger partial charge in [-0.3, -0.25) is 19.2 Å². The summed E-state index contributed by atoms with van der Waals surface area (Å²) in [6, 6.07) is 8.20. The monoisotopic (exact) mass is 597 g/mol. The number of nitrogens with one attached hydrogen (secondary N) is 3. The van der Waals surface area contributed by atoms with Crippen molar-refractivity contribution >= 4 is 35.1 Å². The summed E-state index contributed by atoms with van der Waals surface area (Å²) in [5.74, 6) is -5.54. The largest absolute Gasteiger partial charge is 0.497 e. The van der Waals surface area contributed by atoms with E-state index in [1.165, 1.54) is 52.1 Å². The van der Waals surface area contributed by atoms with Gasteiger partial charge in [-0.15, -0.1) is 0 Å². The third kappa shape index (κ3) is 9.21. The van der Waals surface area contributed by atoms with Gasteiger partial charge in [-0.2, -0.15) is 13.2 Å². The minimum Gasteiger partial charge on any atom is -0.497 e. The van der Waals surface area contributed by atoms with Crippen molar-refractivity contribution < 1.29 is 37.1 Å². The first-order chi connectivity index (χ1) is 19.1. The van der Waals surface area contributed by atoms with Crippen LogP contribution in [0.1, 0.15) is 57.7 Å². The van der Waals surface area contributed by atoms with Crippen molar-refractivity contribution in [2.24, 2.45) is 11.8 Å². The first kappa shape index (κ1) is 33.6. The van der Waals surface area contributed by atoms with Crippen LogP contribution in [-0.2, 0) is 19.2 Å². The van der Waals surface area contributed by atoms with Crippen LogP contribution in [0.3, 0.4) is 0 Å². The van der Waals surface area contributed by atoms with Crippen molar-refractivity contribution in [2.75, 3.05) is 7.11 Å². The van der Waals surface area contributed by atoms with Crippen LogP contribution in [0.25, 0.3) is 0 Å². The fraction of sp³-hybridized carbons (Fsp3) is 0.448. The number of ketones is 1. The van der Waals surface area contributed by atoms with Gasteiger partial charge in [0.15, 0.2) is 0 Å². The molecule has 0 fully saturated rings. The minimum atomic E-state index is -5.17. The van der Waals surface area contributed by atoms with Gasteiger partial charge >= 0.3 is 6.18 Å². The number of hydrogen-bond acceptors (Lipinski definition) is 5. The third-order valence-electron chi connectivity index (χ3n) is 6.45. The molecule has 2 aromatic rings. The molecule has 224 valence electrons. The first-order valence-electron chi connectivity index (χ1n) is 13.0. The SMILES string of the molecule is COc1ccc([C@H](NC(=O)[C@H](C)NC(=O)[C@H](c2ccc(Cl)cc2)C(C)C)C(=O)N[C@H](C(=O)C(F)(F)F)C(C)C)cc1. The smallest absolute Gasteiger partial charge is 0.452 e. The quantitative estimate of drug-likeness (QED) is 0.328. The summed E-state index contributed by atoms with van der Waals surface area (Å²) in [5, 5.41) is 7.79. The molecule has 2 aromatic carbocycles. The summed E-state index contributed by atoms with van der Waals surface area (Å²) < 4.78 is 44.7. The molecule has 0 aliphatic rings. The molecule has 8 nitrogen and oxygen atoms in total. The molecule has 0 unspecified atom stereocenters. The van der Waals surface area contributed by atoms with Crippen LogP contribution in [0.2, 0.25) is 5.02 Å². The zero-order valence-corrected chi connectivity index (χ0v) is 24.4. The molecule has 3 N–H and O–H groups in total. The maximum Gasteiger partial charge on any atom is 0.452 e. The Bertz CT molecular complexity index is 1220. The van der Waals surface area contributed by atoms with Gasteiger partial charge in [0, 0.05) is 5.02 Å². The zero-order valence-electron chi connectivity index (χ0n) is 23.6. The number of carbonyl (C=O) groups is 4. The number of halogens is 4. The molecule has 0 aromatic heterocycles. The standard InChI is InChI=1S/C29H35ClF3N3O5/c1-15(2)22(18-7-11-20(30)12-8-18)27(39)34-17(5)26(38)36-24(19-9-13-21(41-6)14-10-19)28(40)35-23(16(3)4)25(37)29(31,32)33/h7-17,22-24H,1-6H3,(H,34,39)(H,35,40)(H,36,38)/t17-,22-,23-,24-/m0/s1. The van der Waals surface area contributed by atoms with Crippen LogP contribution >= 0.6 is 11.6 Å². The van der Waals surface area contributed by atoms with Crippen molar-refractivity contribution in [3.05, 3.63) is 64.7 Å². The number of Topliss-reactive ketones (excluding diaryl/α,β-unsaturated/α-hetero) is 1. The van der Waals surface area contributed by atoms with Crippen LogP contribution in [0, 0.1) is 11.8 Å². The van der Waals surface area contributed by atoms with Crippen LogP contribution in [0.4, 0.5) is 13.2 Å².